The molecule has 2 atom stereocenters. The SMILES string of the molecule is C=S(=O)(c1ccccc1)N1CCC(C(C)C)CC1.CC(C)C1CCN(S(=O)(=O)C(C)C)CC1.CC(C)C1CCN(S(=O)(=O)C2CC2)CC1.CC(C)C1CCN(S(C)(=O)=O)CC1.CCC(C)S(=O)(=O)N1CCC(C(C)C)CC1. The third-order valence-electron chi connectivity index (χ3n) is 17.9. The van der Waals surface area contributed by atoms with Crippen molar-refractivity contribution >= 4 is 55.7 Å². The third kappa shape index (κ3) is 21.5. The van der Waals surface area contributed by atoms with E-state index >= 15 is 0 Å². The molecule has 0 aromatic heterocycles. The molecule has 0 spiro atoms. The van der Waals surface area contributed by atoms with E-state index < -0.39 is 49.8 Å². The summed E-state index contributed by atoms with van der Waals surface area (Å²) in [6.07, 6.45) is 14.2. The van der Waals surface area contributed by atoms with Crippen molar-refractivity contribution in [3.8, 4) is 0 Å². The Hall–Kier alpha value is -1.16. The lowest BCUT2D eigenvalue weighted by Gasteiger charge is -2.35. The molecule has 14 nitrogen and oxygen atoms in total. The van der Waals surface area contributed by atoms with Gasteiger partial charge in [0, 0.05) is 70.3 Å². The van der Waals surface area contributed by atoms with Crippen molar-refractivity contribution in [2.24, 2.45) is 59.2 Å². The highest BCUT2D eigenvalue weighted by Crippen LogP contribution is 2.35. The maximum Gasteiger partial charge on any atom is 0.216 e. The molecule has 5 aliphatic heterocycles. The quantitative estimate of drug-likeness (QED) is 0.155. The molecule has 0 bridgehead atoms. The maximum absolute atomic E-state index is 12.8. The zero-order chi connectivity index (χ0) is 58.3. The molecule has 452 valence electrons. The summed E-state index contributed by atoms with van der Waals surface area (Å²) >= 11 is 0. The molecule has 1 aromatic carbocycles. The Bertz CT molecular complexity index is 2350. The van der Waals surface area contributed by atoms with E-state index in [1.54, 1.807) is 31.1 Å². The summed E-state index contributed by atoms with van der Waals surface area (Å²) in [7, 11) is -14.2. The van der Waals surface area contributed by atoms with Gasteiger partial charge < -0.3 is 0 Å². The van der Waals surface area contributed by atoms with Gasteiger partial charge in [0.15, 0.2) is 0 Å². The molecule has 0 N–H and O–H groups in total. The van der Waals surface area contributed by atoms with Gasteiger partial charge in [-0.15, -0.1) is 0 Å². The molecule has 5 heterocycles. The highest BCUT2D eigenvalue weighted by molar-refractivity contribution is 7.98. The van der Waals surface area contributed by atoms with Gasteiger partial charge in [0.05, 0.1) is 31.7 Å². The first kappa shape index (κ1) is 70.1. The van der Waals surface area contributed by atoms with Crippen LogP contribution in [0.4, 0.5) is 0 Å². The molecule has 2 unspecified atom stereocenters. The summed E-state index contributed by atoms with van der Waals surface area (Å²) in [6.45, 7) is 37.2. The Morgan fingerprint density at radius 1 is 0.416 bits per heavy atom. The highest BCUT2D eigenvalue weighted by atomic mass is 32.2. The summed E-state index contributed by atoms with van der Waals surface area (Å²) in [5.41, 5.74) is 0. The Balaban J connectivity index is 0.000000254. The lowest BCUT2D eigenvalue weighted by atomic mass is 9.87. The minimum atomic E-state index is -3.03. The van der Waals surface area contributed by atoms with E-state index in [9.17, 15) is 37.9 Å². The second-order valence-corrected chi connectivity index (χ2v) is 36.6. The van der Waals surface area contributed by atoms with E-state index in [1.165, 1.54) is 6.26 Å². The molecular weight excluding hydrogens is 1070 g/mol. The Morgan fingerprint density at radius 2 is 0.701 bits per heavy atom. The Kier molecular flexibility index (Phi) is 28.7. The van der Waals surface area contributed by atoms with Crippen LogP contribution >= 0.6 is 0 Å². The number of hydrogen-bond acceptors (Lipinski definition) is 9. The molecule has 7 rings (SSSR count). The van der Waals surface area contributed by atoms with Crippen molar-refractivity contribution in [1.29, 1.82) is 0 Å². The molecule has 19 heteroatoms. The van der Waals surface area contributed by atoms with Crippen LogP contribution in [0.2, 0.25) is 0 Å². The maximum atomic E-state index is 12.8. The first-order chi connectivity index (χ1) is 35.7. The number of benzene rings is 1. The second kappa shape index (κ2) is 31.5. The van der Waals surface area contributed by atoms with Gasteiger partial charge in [-0.25, -0.2) is 59.4 Å². The van der Waals surface area contributed by atoms with Gasteiger partial charge in [-0.1, -0.05) is 94.4 Å². The number of rotatable bonds is 15. The average molecular weight is 1180 g/mol. The van der Waals surface area contributed by atoms with Crippen molar-refractivity contribution < 1.29 is 37.9 Å². The molecule has 6 fully saturated rings. The molecular formula is C58H111N5O9S5. The predicted molar refractivity (Wildman–Crippen MR) is 325 cm³/mol. The van der Waals surface area contributed by atoms with E-state index in [2.05, 4.69) is 79.4 Å². The first-order valence-electron chi connectivity index (χ1n) is 29.8. The fourth-order valence-electron chi connectivity index (χ4n) is 11.2. The van der Waals surface area contributed by atoms with E-state index in [-0.39, 0.29) is 15.7 Å². The smallest absolute Gasteiger partial charge is 0.216 e. The fourth-order valence-corrected chi connectivity index (χ4v) is 18.6. The lowest BCUT2D eigenvalue weighted by molar-refractivity contribution is 0.225. The number of nitrogens with zero attached hydrogens (tertiary/aromatic N) is 5. The number of piperidine rings is 5. The summed E-state index contributed by atoms with van der Waals surface area (Å²) in [5, 5.41) is -0.552. The minimum Gasteiger partial charge on any atom is -0.248 e. The normalized spacial score (nSPS) is 22.9. The summed E-state index contributed by atoms with van der Waals surface area (Å²) in [6, 6.07) is 9.65. The molecule has 77 heavy (non-hydrogen) atoms. The van der Waals surface area contributed by atoms with E-state index in [0.717, 1.165) is 139 Å². The van der Waals surface area contributed by atoms with E-state index in [1.807, 2.05) is 44.2 Å². The van der Waals surface area contributed by atoms with Crippen LogP contribution in [-0.4, -0.2) is 153 Å². The van der Waals surface area contributed by atoms with Crippen LogP contribution in [0.25, 0.3) is 0 Å². The largest absolute Gasteiger partial charge is 0.248 e. The van der Waals surface area contributed by atoms with Gasteiger partial charge in [0.1, 0.15) is 0 Å². The fraction of sp³-hybridized carbons (Fsp3) is 0.879. The molecule has 0 radical (unpaired) electrons. The first-order valence-corrected chi connectivity index (χ1v) is 37.8. The lowest BCUT2D eigenvalue weighted by Crippen LogP contribution is -2.43. The Morgan fingerprint density at radius 3 is 0.974 bits per heavy atom. The number of hydrogen-bond donors (Lipinski definition) is 0. The molecule has 1 saturated carbocycles. The van der Waals surface area contributed by atoms with Crippen LogP contribution in [0.5, 0.6) is 0 Å². The van der Waals surface area contributed by atoms with Crippen molar-refractivity contribution in [1.82, 2.24) is 21.5 Å². The molecule has 6 aliphatic rings. The average Bonchev–Trinajstić information content (AvgIpc) is 4.26. The Labute approximate surface area is 474 Å². The van der Waals surface area contributed by atoms with Crippen molar-refractivity contribution in [3.63, 3.8) is 0 Å². The van der Waals surface area contributed by atoms with Gasteiger partial charge >= 0.3 is 0 Å². The predicted octanol–water partition coefficient (Wildman–Crippen LogP) is 10.8. The van der Waals surface area contributed by atoms with Gasteiger partial charge in [-0.2, -0.15) is 0 Å². The summed E-state index contributed by atoms with van der Waals surface area (Å²) in [4.78, 5) is 0.855. The third-order valence-corrected chi connectivity index (χ3v) is 28.5. The molecule has 5 saturated heterocycles. The zero-order valence-corrected chi connectivity index (χ0v) is 54.9. The van der Waals surface area contributed by atoms with Crippen LogP contribution in [0.1, 0.15) is 180 Å². The summed E-state index contributed by atoms with van der Waals surface area (Å²) < 4.78 is 116. The van der Waals surface area contributed by atoms with Crippen LogP contribution in [-0.2, 0) is 49.8 Å². The van der Waals surface area contributed by atoms with Gasteiger partial charge in [0.2, 0.25) is 40.1 Å². The van der Waals surface area contributed by atoms with Crippen LogP contribution in [0.3, 0.4) is 0 Å². The number of sulfonamides is 4. The van der Waals surface area contributed by atoms with Crippen LogP contribution in [0, 0.1) is 59.2 Å². The topological polar surface area (TPSA) is 170 Å². The van der Waals surface area contributed by atoms with E-state index in [4.69, 9.17) is 0 Å². The standard InChI is InChI=1S/C15H23NOS.C12H25NO2S.C11H21NO2S.C11H23NO2S.C9H19NO2S/c1-13(2)14-9-11-16(12-10-14)18(3,17)15-7-5-4-6-8-15;1-5-11(4)16(14,15)13-8-6-12(7-9-13)10(2)3;1-9(2)10-5-7-12(8-6-10)15(13,14)11-3-4-11;1-9(2)11-5-7-12(8-6-11)15(13,14)10(3)4;1-8(2)9-4-6-10(7-5-9)13(3,11)12/h4-8,13-14H,3,9-12H2,1-2H3;10-12H,5-9H2,1-4H3;9-11H,3-8H2,1-2H3;9-11H,5-8H2,1-4H3;8-9H,4-7H2,1-3H3. The van der Waals surface area contributed by atoms with Crippen molar-refractivity contribution in [2.45, 2.75) is 201 Å². The molecule has 1 aromatic rings. The molecule has 1 aliphatic carbocycles. The minimum absolute atomic E-state index is 0.0342. The van der Waals surface area contributed by atoms with Gasteiger partial charge in [-0.3, -0.25) is 0 Å². The summed E-state index contributed by atoms with van der Waals surface area (Å²) in [5.74, 6) is 11.0. The van der Waals surface area contributed by atoms with Gasteiger partial charge in [-0.05, 0) is 181 Å². The highest BCUT2D eigenvalue weighted by Gasteiger charge is 2.41. The second-order valence-electron chi connectivity index (χ2n) is 25.3. The van der Waals surface area contributed by atoms with Crippen molar-refractivity contribution in [2.75, 3.05) is 71.7 Å². The molecule has 0 amide bonds. The van der Waals surface area contributed by atoms with Crippen molar-refractivity contribution in [3.05, 3.63) is 30.3 Å². The van der Waals surface area contributed by atoms with Crippen LogP contribution < -0.4 is 0 Å². The van der Waals surface area contributed by atoms with Gasteiger partial charge in [0.25, 0.3) is 0 Å². The zero-order valence-electron chi connectivity index (χ0n) is 50.8. The van der Waals surface area contributed by atoms with Crippen LogP contribution in [0.15, 0.2) is 35.2 Å². The monoisotopic (exact) mass is 1180 g/mol. The van der Waals surface area contributed by atoms with E-state index in [0.29, 0.717) is 74.0 Å².